The Labute approximate surface area is 207 Å². The van der Waals surface area contributed by atoms with E-state index in [0.29, 0.717) is 48.4 Å². The number of anilines is 1. The predicted molar refractivity (Wildman–Crippen MR) is 129 cm³/mol. The second-order valence-corrected chi connectivity index (χ2v) is 8.58. The smallest absolute Gasteiger partial charge is 0.414 e. The Balaban J connectivity index is 1.41. The van der Waals surface area contributed by atoms with E-state index in [4.69, 9.17) is 4.74 Å². The Hall–Kier alpha value is -3.86. The van der Waals surface area contributed by atoms with Crippen molar-refractivity contribution in [2.45, 2.75) is 38.5 Å². The molecule has 0 saturated carbocycles. The van der Waals surface area contributed by atoms with E-state index >= 15 is 4.39 Å². The number of hydrogen-bond donors (Lipinski definition) is 3. The van der Waals surface area contributed by atoms with E-state index in [-0.39, 0.29) is 19.1 Å². The summed E-state index contributed by atoms with van der Waals surface area (Å²) in [5.74, 6) is -0.709. The van der Waals surface area contributed by atoms with Crippen LogP contribution in [0.4, 0.5) is 19.3 Å². The standard InChI is InChI=1S/C25H28F2N6O3/c1-16(34)30-23(24-14-29-32-31-24)12-20-15-33(25(35)36-20)19-7-8-21(22(27)11-19)18-5-3-17(4-6-18)13-28-10-2-9-26/h3-8,11,14,20,23,28H,2,9-10,12-13,15H2,1H3,(H,30,34)(H,29,31,32). The number of nitrogens with zero attached hydrogens (tertiary/aromatic N) is 3. The average Bonchev–Trinajstić information content (AvgIpc) is 3.52. The maximum Gasteiger partial charge on any atom is 0.414 e. The molecule has 3 aromatic rings. The highest BCUT2D eigenvalue weighted by atomic mass is 19.1. The molecule has 190 valence electrons. The Morgan fingerprint density at radius 2 is 2.08 bits per heavy atom. The molecule has 2 aromatic carbocycles. The molecule has 1 fully saturated rings. The van der Waals surface area contributed by atoms with Crippen LogP contribution in [0, 0.1) is 5.82 Å². The summed E-state index contributed by atoms with van der Waals surface area (Å²) < 4.78 is 32.7. The average molecular weight is 499 g/mol. The van der Waals surface area contributed by atoms with E-state index in [1.165, 1.54) is 24.1 Å². The molecule has 9 nitrogen and oxygen atoms in total. The number of benzene rings is 2. The Bertz CT molecular complexity index is 1170. The molecule has 11 heteroatoms. The van der Waals surface area contributed by atoms with Gasteiger partial charge >= 0.3 is 6.09 Å². The van der Waals surface area contributed by atoms with Gasteiger partial charge in [-0.2, -0.15) is 15.4 Å². The van der Waals surface area contributed by atoms with Crippen LogP contribution < -0.4 is 15.5 Å². The third kappa shape index (κ3) is 6.22. The number of aromatic amines is 1. The summed E-state index contributed by atoms with van der Waals surface area (Å²) in [7, 11) is 0. The highest BCUT2D eigenvalue weighted by Gasteiger charge is 2.35. The molecule has 3 N–H and O–H groups in total. The van der Waals surface area contributed by atoms with Crippen molar-refractivity contribution in [3.05, 3.63) is 65.7 Å². The number of carbonyl (C=O) groups excluding carboxylic acids is 2. The minimum Gasteiger partial charge on any atom is -0.444 e. The summed E-state index contributed by atoms with van der Waals surface area (Å²) in [6.45, 7) is 2.46. The van der Waals surface area contributed by atoms with Crippen molar-refractivity contribution in [1.29, 1.82) is 0 Å². The molecule has 0 aliphatic carbocycles. The van der Waals surface area contributed by atoms with Crippen molar-refractivity contribution < 1.29 is 23.1 Å². The first-order valence-corrected chi connectivity index (χ1v) is 11.7. The summed E-state index contributed by atoms with van der Waals surface area (Å²) in [4.78, 5) is 25.5. The fourth-order valence-corrected chi connectivity index (χ4v) is 4.13. The first-order chi connectivity index (χ1) is 17.4. The molecular weight excluding hydrogens is 470 g/mol. The number of rotatable bonds is 11. The Morgan fingerprint density at radius 1 is 1.28 bits per heavy atom. The van der Waals surface area contributed by atoms with Gasteiger partial charge in [-0.1, -0.05) is 24.3 Å². The summed E-state index contributed by atoms with van der Waals surface area (Å²) in [6, 6.07) is 11.6. The van der Waals surface area contributed by atoms with Crippen LogP contribution >= 0.6 is 0 Å². The molecule has 1 aliphatic heterocycles. The Kier molecular flexibility index (Phi) is 8.21. The van der Waals surface area contributed by atoms with E-state index in [1.807, 2.05) is 24.3 Å². The van der Waals surface area contributed by atoms with Gasteiger partial charge in [-0.15, -0.1) is 0 Å². The molecular formula is C25H28F2N6O3. The summed E-state index contributed by atoms with van der Waals surface area (Å²) in [5, 5.41) is 16.2. The molecule has 0 radical (unpaired) electrons. The molecule has 0 bridgehead atoms. The van der Waals surface area contributed by atoms with Gasteiger partial charge in [-0.25, -0.2) is 9.18 Å². The summed E-state index contributed by atoms with van der Waals surface area (Å²) >= 11 is 0. The highest BCUT2D eigenvalue weighted by molar-refractivity contribution is 5.90. The third-order valence-corrected chi connectivity index (χ3v) is 5.89. The SMILES string of the molecule is CC(=O)NC(CC1CN(c2ccc(-c3ccc(CNCCCF)cc3)c(F)c2)C(=O)O1)c1cn[nH]n1. The van der Waals surface area contributed by atoms with E-state index in [0.717, 1.165) is 5.56 Å². The fraction of sp³-hybridized carbons (Fsp3) is 0.360. The van der Waals surface area contributed by atoms with E-state index in [9.17, 15) is 14.0 Å². The van der Waals surface area contributed by atoms with Gasteiger partial charge in [0.1, 0.15) is 17.6 Å². The van der Waals surface area contributed by atoms with Gasteiger partial charge in [0, 0.05) is 25.5 Å². The number of aromatic nitrogens is 3. The van der Waals surface area contributed by atoms with E-state index in [2.05, 4.69) is 26.0 Å². The van der Waals surface area contributed by atoms with E-state index < -0.39 is 24.1 Å². The zero-order valence-electron chi connectivity index (χ0n) is 19.8. The Morgan fingerprint density at radius 3 is 2.75 bits per heavy atom. The monoisotopic (exact) mass is 498 g/mol. The zero-order chi connectivity index (χ0) is 25.5. The summed E-state index contributed by atoms with van der Waals surface area (Å²) in [5.41, 5.74) is 3.05. The minimum atomic E-state index is -0.585. The van der Waals surface area contributed by atoms with Gasteiger partial charge in [0.15, 0.2) is 0 Å². The lowest BCUT2D eigenvalue weighted by Crippen LogP contribution is -2.31. The second kappa shape index (κ2) is 11.7. The number of H-pyrrole nitrogens is 1. The molecule has 1 aromatic heterocycles. The van der Waals surface area contributed by atoms with Crippen molar-refractivity contribution in [2.24, 2.45) is 0 Å². The molecule has 2 atom stereocenters. The molecule has 2 heterocycles. The number of hydrogen-bond acceptors (Lipinski definition) is 6. The molecule has 1 saturated heterocycles. The van der Waals surface area contributed by atoms with Crippen LogP contribution in [0.25, 0.3) is 11.1 Å². The normalized spacial score (nSPS) is 16.1. The first-order valence-electron chi connectivity index (χ1n) is 11.7. The van der Waals surface area contributed by atoms with Gasteiger partial charge in [-0.3, -0.25) is 14.1 Å². The molecule has 0 spiro atoms. The van der Waals surface area contributed by atoms with Gasteiger partial charge in [0.05, 0.1) is 31.1 Å². The lowest BCUT2D eigenvalue weighted by atomic mass is 10.0. The molecule has 2 unspecified atom stereocenters. The van der Waals surface area contributed by atoms with Crippen LogP contribution in [0.15, 0.2) is 48.7 Å². The van der Waals surface area contributed by atoms with Gasteiger partial charge in [-0.05, 0) is 42.3 Å². The van der Waals surface area contributed by atoms with Crippen LogP contribution in [0.3, 0.4) is 0 Å². The van der Waals surface area contributed by atoms with Gasteiger partial charge < -0.3 is 15.4 Å². The number of amides is 2. The first kappa shape index (κ1) is 25.2. The molecule has 2 amide bonds. The van der Waals surface area contributed by atoms with Crippen molar-refractivity contribution in [3.8, 4) is 11.1 Å². The van der Waals surface area contributed by atoms with Crippen molar-refractivity contribution in [3.63, 3.8) is 0 Å². The van der Waals surface area contributed by atoms with Crippen LogP contribution in [0.2, 0.25) is 0 Å². The topological polar surface area (TPSA) is 112 Å². The number of nitrogens with one attached hydrogen (secondary N) is 3. The lowest BCUT2D eigenvalue weighted by Gasteiger charge is -2.18. The molecule has 4 rings (SSSR count). The molecule has 1 aliphatic rings. The maximum atomic E-state index is 15.0. The number of alkyl halides is 1. The number of carbonyl (C=O) groups is 2. The van der Waals surface area contributed by atoms with E-state index in [1.54, 1.807) is 12.1 Å². The lowest BCUT2D eigenvalue weighted by molar-refractivity contribution is -0.119. The third-order valence-electron chi connectivity index (χ3n) is 5.89. The zero-order valence-corrected chi connectivity index (χ0v) is 19.8. The fourth-order valence-electron chi connectivity index (χ4n) is 4.13. The number of ether oxygens (including phenoxy) is 1. The maximum absolute atomic E-state index is 15.0. The van der Waals surface area contributed by atoms with Crippen molar-refractivity contribution >= 4 is 17.7 Å². The van der Waals surface area contributed by atoms with Crippen LogP contribution in [0.1, 0.15) is 37.1 Å². The van der Waals surface area contributed by atoms with Crippen LogP contribution in [-0.2, 0) is 16.1 Å². The number of cyclic esters (lactones) is 1. The van der Waals surface area contributed by atoms with Gasteiger partial charge in [0.25, 0.3) is 0 Å². The predicted octanol–water partition coefficient (Wildman–Crippen LogP) is 3.65. The van der Waals surface area contributed by atoms with Gasteiger partial charge in [0.2, 0.25) is 5.91 Å². The quantitative estimate of drug-likeness (QED) is 0.348. The second-order valence-electron chi connectivity index (χ2n) is 8.58. The largest absolute Gasteiger partial charge is 0.444 e. The van der Waals surface area contributed by atoms with Crippen LogP contribution in [0.5, 0.6) is 0 Å². The highest BCUT2D eigenvalue weighted by Crippen LogP contribution is 2.31. The minimum absolute atomic E-state index is 0.204. The molecule has 36 heavy (non-hydrogen) atoms. The van der Waals surface area contributed by atoms with Crippen LogP contribution in [-0.4, -0.2) is 53.3 Å². The number of halogens is 2. The summed E-state index contributed by atoms with van der Waals surface area (Å²) in [6.07, 6.45) is 1.15. The van der Waals surface area contributed by atoms with Crippen molar-refractivity contribution in [2.75, 3.05) is 24.7 Å². The van der Waals surface area contributed by atoms with Crippen molar-refractivity contribution in [1.82, 2.24) is 26.0 Å².